The van der Waals surface area contributed by atoms with Crippen molar-refractivity contribution in [2.45, 2.75) is 6.04 Å². The van der Waals surface area contributed by atoms with Crippen molar-refractivity contribution in [3.05, 3.63) is 35.6 Å². The summed E-state index contributed by atoms with van der Waals surface area (Å²) in [5.74, 6) is -1.15. The summed E-state index contributed by atoms with van der Waals surface area (Å²) in [6.07, 6.45) is 0. The van der Waals surface area contributed by atoms with Crippen molar-refractivity contribution in [2.24, 2.45) is 5.73 Å². The van der Waals surface area contributed by atoms with Gasteiger partial charge in [-0.25, -0.2) is 4.39 Å². The Morgan fingerprint density at radius 3 is 2.57 bits per heavy atom. The lowest BCUT2D eigenvalue weighted by atomic mass is 10.1. The number of hydrogen-bond donors (Lipinski definition) is 1. The predicted octanol–water partition coefficient (Wildman–Crippen LogP) is 1.42. The molecule has 0 saturated heterocycles. The molecule has 0 fully saturated rings. The van der Waals surface area contributed by atoms with Crippen LogP contribution in [0.5, 0.6) is 0 Å². The summed E-state index contributed by atoms with van der Waals surface area (Å²) in [7, 11) is 1.21. The van der Waals surface area contributed by atoms with Crippen LogP contribution in [-0.4, -0.2) is 13.1 Å². The third kappa shape index (κ3) is 2.68. The van der Waals surface area contributed by atoms with Crippen LogP contribution < -0.4 is 5.73 Å². The molecule has 0 saturated carbocycles. The van der Waals surface area contributed by atoms with Crippen molar-refractivity contribution >= 4 is 18.4 Å². The van der Waals surface area contributed by atoms with Crippen LogP contribution in [0.2, 0.25) is 0 Å². The van der Waals surface area contributed by atoms with E-state index in [0.29, 0.717) is 0 Å². The second-order valence-corrected chi connectivity index (χ2v) is 2.52. The number of esters is 1. The fourth-order valence-electron chi connectivity index (χ4n) is 0.981. The summed E-state index contributed by atoms with van der Waals surface area (Å²) in [6.45, 7) is 0. The van der Waals surface area contributed by atoms with Gasteiger partial charge in [0.05, 0.1) is 7.11 Å². The van der Waals surface area contributed by atoms with Crippen molar-refractivity contribution in [1.29, 1.82) is 0 Å². The Hall–Kier alpha value is -1.13. The highest BCUT2D eigenvalue weighted by molar-refractivity contribution is 5.85. The largest absolute Gasteiger partial charge is 0.468 e. The Balaban J connectivity index is 0.00000169. The first-order valence-corrected chi connectivity index (χ1v) is 3.74. The van der Waals surface area contributed by atoms with E-state index in [0.717, 1.165) is 0 Å². The molecule has 1 rings (SSSR count). The smallest absolute Gasteiger partial charge is 0.327 e. The summed E-state index contributed by atoms with van der Waals surface area (Å²) in [5.41, 5.74) is 5.58. The lowest BCUT2D eigenvalue weighted by molar-refractivity contribution is -0.142. The standard InChI is InChI=1S/C9H10FNO2.ClH/c1-13-9(12)8(11)6-4-2-3-5-7(6)10;/h2-5,8H,11H2,1H3;1H/t8-;/m1./s1. The number of methoxy groups -OCH3 is 1. The van der Waals surface area contributed by atoms with Crippen LogP contribution in [-0.2, 0) is 9.53 Å². The van der Waals surface area contributed by atoms with Crippen LogP contribution in [0.25, 0.3) is 0 Å². The molecule has 0 aliphatic heterocycles. The number of ether oxygens (including phenoxy) is 1. The maximum atomic E-state index is 13.0. The van der Waals surface area contributed by atoms with Gasteiger partial charge in [-0.15, -0.1) is 12.4 Å². The summed E-state index contributed by atoms with van der Waals surface area (Å²) in [4.78, 5) is 11.0. The van der Waals surface area contributed by atoms with E-state index in [1.54, 1.807) is 6.07 Å². The topological polar surface area (TPSA) is 52.3 Å². The molecule has 0 aliphatic carbocycles. The molecule has 0 aliphatic rings. The molecular formula is C9H11ClFNO2. The van der Waals surface area contributed by atoms with Crippen molar-refractivity contribution in [3.63, 3.8) is 0 Å². The van der Waals surface area contributed by atoms with Gasteiger partial charge in [-0.05, 0) is 6.07 Å². The zero-order chi connectivity index (χ0) is 9.84. The molecule has 2 N–H and O–H groups in total. The molecule has 0 aromatic heterocycles. The summed E-state index contributed by atoms with van der Waals surface area (Å²) in [5, 5.41) is 0. The molecule has 1 aromatic carbocycles. The number of carbonyl (C=O) groups excluding carboxylic acids is 1. The Labute approximate surface area is 87.5 Å². The Morgan fingerprint density at radius 1 is 1.50 bits per heavy atom. The van der Waals surface area contributed by atoms with Gasteiger partial charge in [-0.1, -0.05) is 18.2 Å². The molecule has 0 spiro atoms. The third-order valence-corrected chi connectivity index (χ3v) is 1.70. The molecule has 5 heteroatoms. The lowest BCUT2D eigenvalue weighted by Gasteiger charge is -2.09. The van der Waals surface area contributed by atoms with Crippen molar-refractivity contribution in [1.82, 2.24) is 0 Å². The van der Waals surface area contributed by atoms with Gasteiger partial charge in [0.25, 0.3) is 0 Å². The van der Waals surface area contributed by atoms with E-state index in [9.17, 15) is 9.18 Å². The minimum absolute atomic E-state index is 0. The molecule has 0 amide bonds. The van der Waals surface area contributed by atoms with Crippen molar-refractivity contribution in [2.75, 3.05) is 7.11 Å². The van der Waals surface area contributed by atoms with Crippen LogP contribution in [0, 0.1) is 5.82 Å². The number of rotatable bonds is 2. The van der Waals surface area contributed by atoms with Gasteiger partial charge in [0.2, 0.25) is 0 Å². The molecule has 1 aromatic rings. The molecule has 0 bridgehead atoms. The molecule has 1 atom stereocenters. The maximum Gasteiger partial charge on any atom is 0.327 e. The molecule has 14 heavy (non-hydrogen) atoms. The third-order valence-electron chi connectivity index (χ3n) is 1.70. The highest BCUT2D eigenvalue weighted by atomic mass is 35.5. The normalized spacial score (nSPS) is 11.4. The number of hydrogen-bond acceptors (Lipinski definition) is 3. The van der Waals surface area contributed by atoms with E-state index in [2.05, 4.69) is 4.74 Å². The fourth-order valence-corrected chi connectivity index (χ4v) is 0.981. The fraction of sp³-hybridized carbons (Fsp3) is 0.222. The van der Waals surface area contributed by atoms with Gasteiger partial charge < -0.3 is 10.5 Å². The minimum Gasteiger partial charge on any atom is -0.468 e. The first-order chi connectivity index (χ1) is 6.16. The monoisotopic (exact) mass is 219 g/mol. The van der Waals surface area contributed by atoms with Gasteiger partial charge in [0.15, 0.2) is 0 Å². The average Bonchev–Trinajstić information content (AvgIpc) is 2.16. The molecule has 0 unspecified atom stereocenters. The van der Waals surface area contributed by atoms with Crippen LogP contribution >= 0.6 is 12.4 Å². The number of halogens is 2. The predicted molar refractivity (Wildman–Crippen MR) is 52.6 cm³/mol. The van der Waals surface area contributed by atoms with Gasteiger partial charge in [-0.2, -0.15) is 0 Å². The highest BCUT2D eigenvalue weighted by Crippen LogP contribution is 2.15. The van der Waals surface area contributed by atoms with Crippen LogP contribution in [0.4, 0.5) is 4.39 Å². The lowest BCUT2D eigenvalue weighted by Crippen LogP contribution is -2.23. The molecular weight excluding hydrogens is 209 g/mol. The average molecular weight is 220 g/mol. The number of benzene rings is 1. The van der Waals surface area contributed by atoms with E-state index in [4.69, 9.17) is 5.73 Å². The zero-order valence-corrected chi connectivity index (χ0v) is 8.38. The second kappa shape index (κ2) is 5.57. The Morgan fingerprint density at radius 2 is 2.07 bits per heavy atom. The van der Waals surface area contributed by atoms with E-state index in [1.165, 1.54) is 25.3 Å². The highest BCUT2D eigenvalue weighted by Gasteiger charge is 2.18. The van der Waals surface area contributed by atoms with Crippen molar-refractivity contribution < 1.29 is 13.9 Å². The summed E-state index contributed by atoms with van der Waals surface area (Å²) >= 11 is 0. The first kappa shape index (κ1) is 12.9. The zero-order valence-electron chi connectivity index (χ0n) is 7.57. The molecule has 3 nitrogen and oxygen atoms in total. The van der Waals surface area contributed by atoms with Gasteiger partial charge in [0, 0.05) is 5.56 Å². The minimum atomic E-state index is -1.05. The van der Waals surface area contributed by atoms with E-state index in [-0.39, 0.29) is 18.0 Å². The Kier molecular flexibility index (Phi) is 5.12. The number of carbonyl (C=O) groups is 1. The van der Waals surface area contributed by atoms with Gasteiger partial charge in [0.1, 0.15) is 11.9 Å². The van der Waals surface area contributed by atoms with Crippen molar-refractivity contribution in [3.8, 4) is 0 Å². The first-order valence-electron chi connectivity index (χ1n) is 3.74. The summed E-state index contributed by atoms with van der Waals surface area (Å²) in [6, 6.07) is 4.80. The molecule has 78 valence electrons. The second-order valence-electron chi connectivity index (χ2n) is 2.52. The summed E-state index contributed by atoms with van der Waals surface area (Å²) < 4.78 is 17.4. The van der Waals surface area contributed by atoms with Gasteiger partial charge >= 0.3 is 5.97 Å². The van der Waals surface area contributed by atoms with Crippen LogP contribution in [0.3, 0.4) is 0 Å². The van der Waals surface area contributed by atoms with E-state index in [1.807, 2.05) is 0 Å². The Bertz CT molecular complexity index is 319. The maximum absolute atomic E-state index is 13.0. The number of nitrogens with two attached hydrogens (primary N) is 1. The van der Waals surface area contributed by atoms with Gasteiger partial charge in [-0.3, -0.25) is 4.79 Å². The van der Waals surface area contributed by atoms with E-state index < -0.39 is 17.8 Å². The van der Waals surface area contributed by atoms with Crippen LogP contribution in [0.15, 0.2) is 24.3 Å². The molecule has 0 heterocycles. The SMILES string of the molecule is COC(=O)[C@H](N)c1ccccc1F.Cl. The molecule has 0 radical (unpaired) electrons. The quantitative estimate of drug-likeness (QED) is 0.766. The van der Waals surface area contributed by atoms with Crippen LogP contribution in [0.1, 0.15) is 11.6 Å². The van der Waals surface area contributed by atoms with E-state index >= 15 is 0 Å².